The van der Waals surface area contributed by atoms with Crippen LogP contribution in [0.5, 0.6) is 0 Å². The Balaban J connectivity index is 0.925. The molecular weight excluding hydrogens is 695 g/mol. The molecule has 3 heteroatoms. The summed E-state index contributed by atoms with van der Waals surface area (Å²) in [5, 5.41) is 4.55. The fraction of sp³-hybridized carbons (Fsp3) is 0. The Morgan fingerprint density at radius 3 is 1.30 bits per heavy atom. The standard InChI is InChI=1S/C54H35NO2/c1-2-9-36(10-3-1)38-21-28-43(29-22-38)55(45-32-25-41(26-33-45)46-13-8-14-49-47-11-4-7-16-52(47)57-54(46)49)44-30-23-39(24-31-44)37-17-19-40(20-18-37)42-27-34-53-50(35-42)48-12-5-6-15-51(48)56-53/h1-35H. The van der Waals surface area contributed by atoms with E-state index in [0.29, 0.717) is 0 Å². The molecule has 0 N–H and O–H groups in total. The molecule has 0 aliphatic heterocycles. The van der Waals surface area contributed by atoms with E-state index in [0.717, 1.165) is 77.6 Å². The lowest BCUT2D eigenvalue weighted by Gasteiger charge is -2.26. The van der Waals surface area contributed by atoms with Gasteiger partial charge in [0, 0.05) is 44.2 Å². The van der Waals surface area contributed by atoms with Gasteiger partial charge in [0.25, 0.3) is 0 Å². The summed E-state index contributed by atoms with van der Waals surface area (Å²) in [7, 11) is 0. The van der Waals surface area contributed by atoms with Crippen molar-refractivity contribution in [3.05, 3.63) is 212 Å². The molecule has 2 heterocycles. The van der Waals surface area contributed by atoms with Crippen LogP contribution < -0.4 is 4.90 Å². The van der Waals surface area contributed by atoms with Crippen LogP contribution >= 0.6 is 0 Å². The minimum absolute atomic E-state index is 0.905. The molecule has 0 radical (unpaired) electrons. The Kier molecular flexibility index (Phi) is 7.82. The number of benzene rings is 9. The maximum Gasteiger partial charge on any atom is 0.143 e. The van der Waals surface area contributed by atoms with Crippen molar-refractivity contribution in [3.63, 3.8) is 0 Å². The Labute approximate surface area is 330 Å². The second-order valence-corrected chi connectivity index (χ2v) is 14.5. The molecule has 0 amide bonds. The SMILES string of the molecule is c1ccc(-c2ccc(N(c3ccc(-c4ccc(-c5ccc6oc7ccccc7c6c5)cc4)cc3)c3ccc(-c4cccc5c4oc4ccccc45)cc3)cc2)cc1. The molecule has 0 spiro atoms. The minimum Gasteiger partial charge on any atom is -0.456 e. The van der Waals surface area contributed by atoms with Gasteiger partial charge in [-0.3, -0.25) is 0 Å². The summed E-state index contributed by atoms with van der Waals surface area (Å²) >= 11 is 0. The first-order valence-electron chi connectivity index (χ1n) is 19.3. The second-order valence-electron chi connectivity index (χ2n) is 14.5. The van der Waals surface area contributed by atoms with Gasteiger partial charge in [0.05, 0.1) is 0 Å². The summed E-state index contributed by atoms with van der Waals surface area (Å²) in [6, 6.07) is 75.2. The number of fused-ring (bicyclic) bond motifs is 6. The summed E-state index contributed by atoms with van der Waals surface area (Å²) in [5.41, 5.74) is 16.1. The van der Waals surface area contributed by atoms with E-state index in [1.54, 1.807) is 0 Å². The fourth-order valence-corrected chi connectivity index (χ4v) is 8.21. The van der Waals surface area contributed by atoms with Crippen molar-refractivity contribution >= 4 is 60.9 Å². The van der Waals surface area contributed by atoms with Gasteiger partial charge in [-0.1, -0.05) is 152 Å². The van der Waals surface area contributed by atoms with Gasteiger partial charge >= 0.3 is 0 Å². The smallest absolute Gasteiger partial charge is 0.143 e. The lowest BCUT2D eigenvalue weighted by molar-refractivity contribution is 0.669. The molecule has 0 unspecified atom stereocenters. The van der Waals surface area contributed by atoms with Crippen LogP contribution in [-0.4, -0.2) is 0 Å². The van der Waals surface area contributed by atoms with E-state index in [2.05, 4.69) is 193 Å². The van der Waals surface area contributed by atoms with Crippen molar-refractivity contribution in [1.82, 2.24) is 0 Å². The van der Waals surface area contributed by atoms with Gasteiger partial charge in [0.15, 0.2) is 0 Å². The topological polar surface area (TPSA) is 29.5 Å². The highest BCUT2D eigenvalue weighted by Crippen LogP contribution is 2.40. The normalized spacial score (nSPS) is 11.5. The third kappa shape index (κ3) is 5.85. The number of furan rings is 2. The zero-order valence-corrected chi connectivity index (χ0v) is 31.0. The molecule has 268 valence electrons. The van der Waals surface area contributed by atoms with Gasteiger partial charge in [-0.2, -0.15) is 0 Å². The molecule has 11 aromatic rings. The molecule has 0 atom stereocenters. The first-order valence-corrected chi connectivity index (χ1v) is 19.3. The monoisotopic (exact) mass is 729 g/mol. The fourth-order valence-electron chi connectivity index (χ4n) is 8.21. The number of hydrogen-bond donors (Lipinski definition) is 0. The molecule has 57 heavy (non-hydrogen) atoms. The first-order chi connectivity index (χ1) is 28.2. The van der Waals surface area contributed by atoms with Gasteiger partial charge in [-0.25, -0.2) is 0 Å². The molecule has 3 nitrogen and oxygen atoms in total. The van der Waals surface area contributed by atoms with Crippen molar-refractivity contribution in [3.8, 4) is 44.5 Å². The van der Waals surface area contributed by atoms with E-state index >= 15 is 0 Å². The molecule has 0 aliphatic carbocycles. The molecule has 0 aliphatic rings. The Morgan fingerprint density at radius 1 is 0.263 bits per heavy atom. The zero-order valence-electron chi connectivity index (χ0n) is 31.0. The predicted octanol–water partition coefficient (Wildman–Crippen LogP) is 15.6. The average Bonchev–Trinajstić information content (AvgIpc) is 3.86. The first kappa shape index (κ1) is 32.8. The zero-order chi connectivity index (χ0) is 37.7. The van der Waals surface area contributed by atoms with Gasteiger partial charge in [0.2, 0.25) is 0 Å². The van der Waals surface area contributed by atoms with Crippen molar-refractivity contribution in [2.45, 2.75) is 0 Å². The van der Waals surface area contributed by atoms with Gasteiger partial charge in [0.1, 0.15) is 22.3 Å². The van der Waals surface area contributed by atoms with E-state index in [4.69, 9.17) is 8.83 Å². The molecule has 9 aromatic carbocycles. The summed E-state index contributed by atoms with van der Waals surface area (Å²) in [6.45, 7) is 0. The Morgan fingerprint density at radius 2 is 0.684 bits per heavy atom. The average molecular weight is 730 g/mol. The van der Waals surface area contributed by atoms with E-state index < -0.39 is 0 Å². The maximum atomic E-state index is 6.39. The largest absolute Gasteiger partial charge is 0.456 e. The van der Waals surface area contributed by atoms with E-state index in [9.17, 15) is 0 Å². The quantitative estimate of drug-likeness (QED) is 0.164. The highest BCUT2D eigenvalue weighted by molar-refractivity contribution is 6.09. The van der Waals surface area contributed by atoms with Crippen LogP contribution in [-0.2, 0) is 0 Å². The van der Waals surface area contributed by atoms with Crippen LogP contribution in [0, 0.1) is 0 Å². The summed E-state index contributed by atoms with van der Waals surface area (Å²) in [4.78, 5) is 2.32. The van der Waals surface area contributed by atoms with Crippen LogP contribution in [0.1, 0.15) is 0 Å². The van der Waals surface area contributed by atoms with Crippen LogP contribution in [0.25, 0.3) is 88.4 Å². The lowest BCUT2D eigenvalue weighted by Crippen LogP contribution is -2.09. The number of para-hydroxylation sites is 3. The summed E-state index contributed by atoms with van der Waals surface area (Å²) in [6.07, 6.45) is 0. The third-order valence-corrected chi connectivity index (χ3v) is 11.1. The van der Waals surface area contributed by atoms with E-state index in [1.807, 2.05) is 24.3 Å². The van der Waals surface area contributed by atoms with Crippen molar-refractivity contribution in [2.24, 2.45) is 0 Å². The number of anilines is 3. The summed E-state index contributed by atoms with van der Waals surface area (Å²) in [5.74, 6) is 0. The highest BCUT2D eigenvalue weighted by Gasteiger charge is 2.16. The molecular formula is C54H35NO2. The molecule has 0 bridgehead atoms. The molecule has 2 aromatic heterocycles. The van der Waals surface area contributed by atoms with Crippen molar-refractivity contribution in [2.75, 3.05) is 4.90 Å². The van der Waals surface area contributed by atoms with Crippen LogP contribution in [0.15, 0.2) is 221 Å². The molecule has 0 saturated heterocycles. The van der Waals surface area contributed by atoms with Crippen LogP contribution in [0.4, 0.5) is 17.1 Å². The van der Waals surface area contributed by atoms with Crippen molar-refractivity contribution in [1.29, 1.82) is 0 Å². The van der Waals surface area contributed by atoms with Crippen LogP contribution in [0.2, 0.25) is 0 Å². The van der Waals surface area contributed by atoms with Gasteiger partial charge < -0.3 is 13.7 Å². The molecule has 0 saturated carbocycles. The van der Waals surface area contributed by atoms with Crippen LogP contribution in [0.3, 0.4) is 0 Å². The Bertz CT molecular complexity index is 3190. The number of rotatable bonds is 7. The van der Waals surface area contributed by atoms with Gasteiger partial charge in [-0.15, -0.1) is 0 Å². The van der Waals surface area contributed by atoms with E-state index in [-0.39, 0.29) is 0 Å². The third-order valence-electron chi connectivity index (χ3n) is 11.1. The van der Waals surface area contributed by atoms with Crippen molar-refractivity contribution < 1.29 is 8.83 Å². The lowest BCUT2D eigenvalue weighted by atomic mass is 9.98. The second kappa shape index (κ2) is 13.6. The predicted molar refractivity (Wildman–Crippen MR) is 237 cm³/mol. The molecule has 11 rings (SSSR count). The number of hydrogen-bond acceptors (Lipinski definition) is 3. The highest BCUT2D eigenvalue weighted by atomic mass is 16.3. The maximum absolute atomic E-state index is 6.39. The Hall–Kier alpha value is -7.62. The summed E-state index contributed by atoms with van der Waals surface area (Å²) < 4.78 is 12.5. The van der Waals surface area contributed by atoms with Gasteiger partial charge in [-0.05, 0) is 99.6 Å². The molecule has 0 fully saturated rings. The van der Waals surface area contributed by atoms with E-state index in [1.165, 1.54) is 27.8 Å². The minimum atomic E-state index is 0.905. The number of nitrogens with zero attached hydrogens (tertiary/aromatic N) is 1.